The second-order valence-corrected chi connectivity index (χ2v) is 7.04. The Kier molecular flexibility index (Phi) is 6.02. The van der Waals surface area contributed by atoms with Crippen LogP contribution >= 0.6 is 0 Å². The van der Waals surface area contributed by atoms with Crippen LogP contribution in [0.2, 0.25) is 0 Å². The molecular formula is C19H28N4O2. The van der Waals surface area contributed by atoms with E-state index >= 15 is 0 Å². The molecule has 0 unspecified atom stereocenters. The third kappa shape index (κ3) is 4.37. The first-order chi connectivity index (χ1) is 12.2. The van der Waals surface area contributed by atoms with Crippen LogP contribution in [-0.2, 0) is 16.0 Å². The normalized spacial score (nSPS) is 23.5. The van der Waals surface area contributed by atoms with E-state index in [1.807, 2.05) is 28.0 Å². The highest BCUT2D eigenvalue weighted by atomic mass is 16.2. The Balaban J connectivity index is 1.53. The first-order valence-corrected chi connectivity index (χ1v) is 9.36. The van der Waals surface area contributed by atoms with Gasteiger partial charge in [0.1, 0.15) is 0 Å². The van der Waals surface area contributed by atoms with Crippen molar-refractivity contribution in [3.63, 3.8) is 0 Å². The molecular weight excluding hydrogens is 316 g/mol. The van der Waals surface area contributed by atoms with Crippen molar-refractivity contribution in [2.24, 2.45) is 11.7 Å². The average molecular weight is 344 g/mol. The average Bonchev–Trinajstić information content (AvgIpc) is 2.66. The first-order valence-electron chi connectivity index (χ1n) is 9.36. The van der Waals surface area contributed by atoms with Crippen LogP contribution in [-0.4, -0.2) is 58.8 Å². The van der Waals surface area contributed by atoms with Gasteiger partial charge in [-0.1, -0.05) is 6.07 Å². The molecule has 6 heteroatoms. The van der Waals surface area contributed by atoms with Crippen molar-refractivity contribution in [3.05, 3.63) is 30.1 Å². The van der Waals surface area contributed by atoms with Gasteiger partial charge in [-0.3, -0.25) is 14.6 Å². The van der Waals surface area contributed by atoms with Crippen molar-refractivity contribution in [3.8, 4) is 0 Å². The van der Waals surface area contributed by atoms with Crippen molar-refractivity contribution in [1.82, 2.24) is 14.8 Å². The number of piperidine rings is 2. The van der Waals surface area contributed by atoms with E-state index in [9.17, 15) is 9.59 Å². The van der Waals surface area contributed by atoms with E-state index in [-0.39, 0.29) is 17.9 Å². The highest BCUT2D eigenvalue weighted by Crippen LogP contribution is 2.31. The molecule has 0 spiro atoms. The van der Waals surface area contributed by atoms with Crippen molar-refractivity contribution >= 4 is 11.8 Å². The molecule has 0 aliphatic carbocycles. The van der Waals surface area contributed by atoms with Crippen molar-refractivity contribution in [2.45, 2.75) is 44.6 Å². The summed E-state index contributed by atoms with van der Waals surface area (Å²) in [4.78, 5) is 33.1. The van der Waals surface area contributed by atoms with E-state index in [4.69, 9.17) is 5.73 Å². The minimum Gasteiger partial charge on any atom is -0.342 e. The fourth-order valence-corrected chi connectivity index (χ4v) is 4.07. The number of aromatic nitrogens is 1. The van der Waals surface area contributed by atoms with Crippen molar-refractivity contribution in [1.29, 1.82) is 0 Å². The van der Waals surface area contributed by atoms with Crippen molar-refractivity contribution in [2.75, 3.05) is 26.2 Å². The quantitative estimate of drug-likeness (QED) is 0.841. The molecule has 3 heterocycles. The van der Waals surface area contributed by atoms with E-state index < -0.39 is 0 Å². The van der Waals surface area contributed by atoms with E-state index in [0.29, 0.717) is 31.7 Å². The van der Waals surface area contributed by atoms with Crippen molar-refractivity contribution < 1.29 is 9.59 Å². The molecule has 0 saturated carbocycles. The molecule has 2 atom stereocenters. The third-order valence-corrected chi connectivity index (χ3v) is 5.42. The van der Waals surface area contributed by atoms with Crippen LogP contribution in [0.5, 0.6) is 0 Å². The Bertz CT molecular complexity index is 592. The molecule has 0 bridgehead atoms. The van der Waals surface area contributed by atoms with Crippen LogP contribution in [0.25, 0.3) is 0 Å². The van der Waals surface area contributed by atoms with Crippen LogP contribution in [0.15, 0.2) is 24.4 Å². The minimum absolute atomic E-state index is 0.203. The van der Waals surface area contributed by atoms with E-state index in [2.05, 4.69) is 4.98 Å². The van der Waals surface area contributed by atoms with Gasteiger partial charge in [0.05, 0.1) is 0 Å². The summed E-state index contributed by atoms with van der Waals surface area (Å²) in [6.45, 7) is 2.89. The number of hydrogen-bond acceptors (Lipinski definition) is 4. The SMILES string of the molecule is NCCCN1C(=O)CC[C@H]2CN(C(=O)CCc3ccccn3)CC[C@H]21. The first kappa shape index (κ1) is 17.9. The maximum absolute atomic E-state index is 12.6. The number of nitrogens with zero attached hydrogens (tertiary/aromatic N) is 3. The zero-order valence-electron chi connectivity index (χ0n) is 14.8. The number of fused-ring (bicyclic) bond motifs is 1. The maximum Gasteiger partial charge on any atom is 0.222 e. The standard InChI is InChI=1S/C19H28N4O2/c20-10-3-12-23-17-9-13-22(14-15(17)5-7-19(23)25)18(24)8-6-16-4-1-2-11-21-16/h1-2,4,11,15,17H,3,5-10,12-14,20H2/t15-,17+/m0/s1. The predicted molar refractivity (Wildman–Crippen MR) is 95.7 cm³/mol. The Labute approximate surface area is 149 Å². The Hall–Kier alpha value is -1.95. The number of hydrogen-bond donors (Lipinski definition) is 1. The highest BCUT2D eigenvalue weighted by molar-refractivity contribution is 5.78. The summed E-state index contributed by atoms with van der Waals surface area (Å²) in [6, 6.07) is 6.08. The number of amides is 2. The maximum atomic E-state index is 12.6. The predicted octanol–water partition coefficient (Wildman–Crippen LogP) is 1.20. The van der Waals surface area contributed by atoms with Crippen LogP contribution in [0, 0.1) is 5.92 Å². The Morgan fingerprint density at radius 1 is 1.32 bits per heavy atom. The Morgan fingerprint density at radius 3 is 2.96 bits per heavy atom. The van der Waals surface area contributed by atoms with E-state index in [0.717, 1.165) is 44.6 Å². The lowest BCUT2D eigenvalue weighted by atomic mass is 9.83. The number of pyridine rings is 1. The molecule has 0 aromatic carbocycles. The number of carbonyl (C=O) groups is 2. The molecule has 2 N–H and O–H groups in total. The summed E-state index contributed by atoms with van der Waals surface area (Å²) in [5, 5.41) is 0. The lowest BCUT2D eigenvalue weighted by Gasteiger charge is -2.47. The molecule has 2 amide bonds. The van der Waals surface area contributed by atoms with Crippen LogP contribution in [0.4, 0.5) is 0 Å². The van der Waals surface area contributed by atoms with Gasteiger partial charge in [0, 0.05) is 50.4 Å². The fraction of sp³-hybridized carbons (Fsp3) is 0.632. The lowest BCUT2D eigenvalue weighted by Crippen LogP contribution is -2.57. The van der Waals surface area contributed by atoms with Gasteiger partial charge in [-0.05, 0) is 50.3 Å². The van der Waals surface area contributed by atoms with Gasteiger partial charge in [0.2, 0.25) is 11.8 Å². The number of aryl methyl sites for hydroxylation is 1. The molecule has 3 rings (SSSR count). The summed E-state index contributed by atoms with van der Waals surface area (Å²) in [7, 11) is 0. The number of rotatable bonds is 6. The summed E-state index contributed by atoms with van der Waals surface area (Å²) in [5.74, 6) is 0.863. The molecule has 6 nitrogen and oxygen atoms in total. The van der Waals surface area contributed by atoms with Gasteiger partial charge in [0.15, 0.2) is 0 Å². The minimum atomic E-state index is 0.203. The lowest BCUT2D eigenvalue weighted by molar-refractivity contribution is -0.144. The van der Waals surface area contributed by atoms with E-state index in [1.165, 1.54) is 0 Å². The number of carbonyl (C=O) groups excluding carboxylic acids is 2. The topological polar surface area (TPSA) is 79.5 Å². The van der Waals surface area contributed by atoms with Gasteiger partial charge in [-0.15, -0.1) is 0 Å². The van der Waals surface area contributed by atoms with Gasteiger partial charge < -0.3 is 15.5 Å². The largest absolute Gasteiger partial charge is 0.342 e. The molecule has 0 radical (unpaired) electrons. The monoisotopic (exact) mass is 344 g/mol. The summed E-state index contributed by atoms with van der Waals surface area (Å²) in [5.41, 5.74) is 6.57. The zero-order chi connectivity index (χ0) is 17.6. The summed E-state index contributed by atoms with van der Waals surface area (Å²) >= 11 is 0. The fourth-order valence-electron chi connectivity index (χ4n) is 4.07. The number of likely N-dealkylation sites (tertiary alicyclic amines) is 2. The van der Waals surface area contributed by atoms with E-state index in [1.54, 1.807) is 6.20 Å². The second-order valence-electron chi connectivity index (χ2n) is 7.04. The summed E-state index contributed by atoms with van der Waals surface area (Å²) < 4.78 is 0. The molecule has 1 aromatic heterocycles. The second kappa shape index (κ2) is 8.43. The number of nitrogens with two attached hydrogens (primary N) is 1. The van der Waals surface area contributed by atoms with Crippen LogP contribution in [0.3, 0.4) is 0 Å². The highest BCUT2D eigenvalue weighted by Gasteiger charge is 2.39. The van der Waals surface area contributed by atoms with Crippen LogP contribution < -0.4 is 5.73 Å². The molecule has 2 aliphatic rings. The van der Waals surface area contributed by atoms with Gasteiger partial charge in [0.25, 0.3) is 0 Å². The molecule has 25 heavy (non-hydrogen) atoms. The zero-order valence-corrected chi connectivity index (χ0v) is 14.8. The van der Waals surface area contributed by atoms with Crippen LogP contribution in [0.1, 0.15) is 37.8 Å². The molecule has 2 fully saturated rings. The molecule has 2 saturated heterocycles. The summed E-state index contributed by atoms with van der Waals surface area (Å²) in [6.07, 6.45) is 6.18. The van der Waals surface area contributed by atoms with Gasteiger partial charge >= 0.3 is 0 Å². The molecule has 1 aromatic rings. The Morgan fingerprint density at radius 2 is 2.20 bits per heavy atom. The molecule has 2 aliphatic heterocycles. The smallest absolute Gasteiger partial charge is 0.222 e. The van der Waals surface area contributed by atoms with Gasteiger partial charge in [-0.25, -0.2) is 0 Å². The third-order valence-electron chi connectivity index (χ3n) is 5.42. The molecule has 136 valence electrons. The van der Waals surface area contributed by atoms with Gasteiger partial charge in [-0.2, -0.15) is 0 Å².